The quantitative estimate of drug-likeness (QED) is 0.888. The molecule has 0 aliphatic heterocycles. The molecule has 0 bridgehead atoms. The normalized spacial score (nSPS) is 12.5. The number of nitrogens with zero attached hydrogens (tertiary/aromatic N) is 1. The number of sulfonamides is 1. The van der Waals surface area contributed by atoms with Gasteiger partial charge in [0.2, 0.25) is 15.9 Å². The van der Waals surface area contributed by atoms with E-state index in [-0.39, 0.29) is 5.91 Å². The van der Waals surface area contributed by atoms with Crippen LogP contribution in [0.3, 0.4) is 0 Å². The van der Waals surface area contributed by atoms with Crippen LogP contribution in [0.25, 0.3) is 0 Å². The third-order valence-electron chi connectivity index (χ3n) is 4.09. The van der Waals surface area contributed by atoms with Gasteiger partial charge in [-0.2, -0.15) is 0 Å². The number of rotatable bonds is 5. The number of aryl methyl sites for hydroxylation is 3. The highest BCUT2D eigenvalue weighted by molar-refractivity contribution is 7.92. The summed E-state index contributed by atoms with van der Waals surface area (Å²) in [6.45, 7) is 7.20. The maximum atomic E-state index is 12.7. The molecule has 1 N–H and O–H groups in total. The van der Waals surface area contributed by atoms with E-state index in [1.807, 2.05) is 51.1 Å². The first kappa shape index (κ1) is 19.0. The number of anilines is 2. The Morgan fingerprint density at radius 1 is 1.04 bits per heavy atom. The van der Waals surface area contributed by atoms with E-state index < -0.39 is 16.1 Å². The monoisotopic (exact) mass is 360 g/mol. The lowest BCUT2D eigenvalue weighted by Crippen LogP contribution is -2.45. The predicted octanol–water partition coefficient (Wildman–Crippen LogP) is 3.41. The van der Waals surface area contributed by atoms with E-state index in [0.29, 0.717) is 11.4 Å². The summed E-state index contributed by atoms with van der Waals surface area (Å²) in [6.07, 6.45) is 1.12. The molecule has 1 amide bonds. The van der Waals surface area contributed by atoms with Gasteiger partial charge in [-0.1, -0.05) is 30.3 Å². The number of carbonyl (C=O) groups excluding carboxylic acids is 1. The molecule has 0 fully saturated rings. The van der Waals surface area contributed by atoms with Crippen LogP contribution in [0.4, 0.5) is 11.4 Å². The average Bonchev–Trinajstić information content (AvgIpc) is 2.51. The van der Waals surface area contributed by atoms with Crippen LogP contribution in [0.1, 0.15) is 23.6 Å². The van der Waals surface area contributed by atoms with Gasteiger partial charge in [0, 0.05) is 5.69 Å². The summed E-state index contributed by atoms with van der Waals surface area (Å²) < 4.78 is 26.0. The van der Waals surface area contributed by atoms with Crippen molar-refractivity contribution in [2.75, 3.05) is 15.9 Å². The molecule has 0 aromatic heterocycles. The minimum Gasteiger partial charge on any atom is -0.324 e. The van der Waals surface area contributed by atoms with Gasteiger partial charge in [0.25, 0.3) is 0 Å². The summed E-state index contributed by atoms with van der Waals surface area (Å²) in [7, 11) is -3.63. The molecule has 2 aromatic carbocycles. The molecule has 1 atom stereocenters. The van der Waals surface area contributed by atoms with Gasteiger partial charge < -0.3 is 5.32 Å². The van der Waals surface area contributed by atoms with Crippen molar-refractivity contribution >= 4 is 27.3 Å². The van der Waals surface area contributed by atoms with Crippen molar-refractivity contribution in [2.24, 2.45) is 0 Å². The fourth-order valence-corrected chi connectivity index (χ4v) is 3.91. The van der Waals surface area contributed by atoms with Crippen molar-refractivity contribution in [3.63, 3.8) is 0 Å². The molecule has 0 aliphatic rings. The van der Waals surface area contributed by atoms with E-state index in [4.69, 9.17) is 0 Å². The van der Waals surface area contributed by atoms with Crippen LogP contribution in [0.15, 0.2) is 42.5 Å². The van der Waals surface area contributed by atoms with E-state index in [0.717, 1.165) is 22.9 Å². The molecule has 2 rings (SSSR count). The summed E-state index contributed by atoms with van der Waals surface area (Å²) in [4.78, 5) is 12.7. The second-order valence-corrected chi connectivity index (χ2v) is 8.19. The lowest BCUT2D eigenvalue weighted by Gasteiger charge is -2.30. The van der Waals surface area contributed by atoms with Crippen molar-refractivity contribution in [2.45, 2.75) is 33.7 Å². The lowest BCUT2D eigenvalue weighted by atomic mass is 10.1. The smallest absolute Gasteiger partial charge is 0.248 e. The minimum absolute atomic E-state index is 0.374. The summed E-state index contributed by atoms with van der Waals surface area (Å²) in [5.74, 6) is -0.374. The fourth-order valence-electron chi connectivity index (χ4n) is 2.69. The Morgan fingerprint density at radius 2 is 1.68 bits per heavy atom. The minimum atomic E-state index is -3.63. The summed E-state index contributed by atoms with van der Waals surface area (Å²) in [5.41, 5.74) is 3.84. The van der Waals surface area contributed by atoms with Gasteiger partial charge >= 0.3 is 0 Å². The van der Waals surface area contributed by atoms with Gasteiger partial charge in [0.05, 0.1) is 11.9 Å². The first-order valence-electron chi connectivity index (χ1n) is 8.04. The first-order valence-corrected chi connectivity index (χ1v) is 9.89. The number of para-hydroxylation sites is 1. The zero-order valence-corrected chi connectivity index (χ0v) is 16.0. The van der Waals surface area contributed by atoms with E-state index >= 15 is 0 Å². The van der Waals surface area contributed by atoms with Crippen LogP contribution in [0.5, 0.6) is 0 Å². The van der Waals surface area contributed by atoms with Gasteiger partial charge in [-0.25, -0.2) is 8.42 Å². The maximum absolute atomic E-state index is 12.7. The van der Waals surface area contributed by atoms with E-state index in [1.54, 1.807) is 19.1 Å². The Hall–Kier alpha value is -2.34. The number of nitrogens with one attached hydrogen (secondary N) is 1. The molecule has 25 heavy (non-hydrogen) atoms. The molecule has 5 nitrogen and oxygen atoms in total. The van der Waals surface area contributed by atoms with Crippen molar-refractivity contribution < 1.29 is 13.2 Å². The second-order valence-electron chi connectivity index (χ2n) is 6.33. The molecule has 0 saturated heterocycles. The summed E-state index contributed by atoms with van der Waals surface area (Å²) in [6, 6.07) is 12.1. The van der Waals surface area contributed by atoms with E-state index in [1.165, 1.54) is 4.31 Å². The van der Waals surface area contributed by atoms with Crippen LogP contribution in [0.2, 0.25) is 0 Å². The topological polar surface area (TPSA) is 66.5 Å². The number of amides is 1. The molecule has 0 saturated carbocycles. The standard InChI is InChI=1S/C19H24N2O3S/c1-13-10-11-15(3)18(12-13)21(25(5,23)24)16(4)19(22)20-17-9-7-6-8-14(17)2/h6-12,16H,1-5H3,(H,20,22)/t16-/m0/s1. The third kappa shape index (κ3) is 4.39. The largest absolute Gasteiger partial charge is 0.324 e. The van der Waals surface area contributed by atoms with E-state index in [2.05, 4.69) is 5.32 Å². The molecule has 0 spiro atoms. The van der Waals surface area contributed by atoms with Gasteiger partial charge in [-0.3, -0.25) is 9.10 Å². The van der Waals surface area contributed by atoms with Crippen molar-refractivity contribution in [1.29, 1.82) is 0 Å². The Balaban J connectivity index is 2.40. The molecular formula is C19H24N2O3S. The van der Waals surface area contributed by atoms with Gasteiger partial charge in [-0.15, -0.1) is 0 Å². The van der Waals surface area contributed by atoms with Gasteiger partial charge in [-0.05, 0) is 56.5 Å². The molecule has 134 valence electrons. The highest BCUT2D eigenvalue weighted by atomic mass is 32.2. The number of carbonyl (C=O) groups is 1. The van der Waals surface area contributed by atoms with Crippen LogP contribution < -0.4 is 9.62 Å². The Bertz CT molecular complexity index is 891. The van der Waals surface area contributed by atoms with Crippen molar-refractivity contribution in [3.05, 3.63) is 59.2 Å². The lowest BCUT2D eigenvalue weighted by molar-refractivity contribution is -0.116. The number of benzene rings is 2. The van der Waals surface area contributed by atoms with Crippen LogP contribution in [0, 0.1) is 20.8 Å². The molecular weight excluding hydrogens is 336 g/mol. The summed E-state index contributed by atoms with van der Waals surface area (Å²) in [5, 5.41) is 2.82. The van der Waals surface area contributed by atoms with Gasteiger partial charge in [0.1, 0.15) is 6.04 Å². The molecule has 6 heteroatoms. The SMILES string of the molecule is Cc1ccc(C)c(N([C@@H](C)C(=O)Nc2ccccc2C)S(C)(=O)=O)c1. The van der Waals surface area contributed by atoms with Crippen LogP contribution in [-0.4, -0.2) is 26.6 Å². The Labute approximate surface area is 149 Å². The van der Waals surface area contributed by atoms with Crippen LogP contribution >= 0.6 is 0 Å². The zero-order chi connectivity index (χ0) is 18.8. The number of hydrogen-bond acceptors (Lipinski definition) is 3. The third-order valence-corrected chi connectivity index (χ3v) is 5.32. The molecule has 0 unspecified atom stereocenters. The molecule has 2 aromatic rings. The van der Waals surface area contributed by atoms with Crippen LogP contribution in [-0.2, 0) is 14.8 Å². The highest BCUT2D eigenvalue weighted by Crippen LogP contribution is 2.27. The summed E-state index contributed by atoms with van der Waals surface area (Å²) >= 11 is 0. The van der Waals surface area contributed by atoms with E-state index in [9.17, 15) is 13.2 Å². The average molecular weight is 360 g/mol. The molecule has 0 heterocycles. The van der Waals surface area contributed by atoms with Crippen molar-refractivity contribution in [1.82, 2.24) is 0 Å². The Kier molecular flexibility index (Phi) is 5.52. The number of hydrogen-bond donors (Lipinski definition) is 1. The van der Waals surface area contributed by atoms with Crippen molar-refractivity contribution in [3.8, 4) is 0 Å². The van der Waals surface area contributed by atoms with Gasteiger partial charge in [0.15, 0.2) is 0 Å². The molecule has 0 radical (unpaired) electrons. The molecule has 0 aliphatic carbocycles. The zero-order valence-electron chi connectivity index (χ0n) is 15.2. The first-order chi connectivity index (χ1) is 11.6. The predicted molar refractivity (Wildman–Crippen MR) is 103 cm³/mol. The second kappa shape index (κ2) is 7.27. The highest BCUT2D eigenvalue weighted by Gasteiger charge is 2.30. The Morgan fingerprint density at radius 3 is 2.28 bits per heavy atom. The maximum Gasteiger partial charge on any atom is 0.248 e. The fraction of sp³-hybridized carbons (Fsp3) is 0.316.